The van der Waals surface area contributed by atoms with E-state index in [0.29, 0.717) is 21.7 Å². The maximum Gasteiger partial charge on any atom is 0.339 e. The predicted octanol–water partition coefficient (Wildman–Crippen LogP) is 2.44. The number of amides is 1. The van der Waals surface area contributed by atoms with Crippen LogP contribution in [0.2, 0.25) is 5.02 Å². The van der Waals surface area contributed by atoms with Crippen molar-refractivity contribution in [2.24, 2.45) is 0 Å². The van der Waals surface area contributed by atoms with Crippen LogP contribution in [0, 0.1) is 0 Å². The van der Waals surface area contributed by atoms with Crippen molar-refractivity contribution in [1.29, 1.82) is 0 Å². The molecule has 1 unspecified atom stereocenters. The molecule has 2 aromatic rings. The minimum atomic E-state index is -1.04. The van der Waals surface area contributed by atoms with Crippen LogP contribution in [-0.2, 0) is 22.5 Å². The zero-order valence-corrected chi connectivity index (χ0v) is 13.7. The molecule has 1 atom stereocenters. The number of hydrogen-bond donors (Lipinski definition) is 2. The van der Waals surface area contributed by atoms with Gasteiger partial charge in [0, 0.05) is 18.0 Å². The topological polar surface area (TPSA) is 92.7 Å². The van der Waals surface area contributed by atoms with E-state index in [1.54, 1.807) is 30.3 Å². The van der Waals surface area contributed by atoms with Crippen molar-refractivity contribution in [2.45, 2.75) is 19.1 Å². The third-order valence-corrected chi connectivity index (χ3v) is 4.11. The summed E-state index contributed by atoms with van der Waals surface area (Å²) in [6.45, 7) is 0.135. The Kier molecular flexibility index (Phi) is 4.72. The molecule has 3 rings (SSSR count). The van der Waals surface area contributed by atoms with Gasteiger partial charge in [-0.15, -0.1) is 0 Å². The summed E-state index contributed by atoms with van der Waals surface area (Å²) in [5.74, 6) is -2.05. The molecule has 0 saturated heterocycles. The molecule has 0 aromatic heterocycles. The number of rotatable bonds is 4. The first kappa shape index (κ1) is 17.0. The Morgan fingerprint density at radius 2 is 2.04 bits per heavy atom. The second-order valence-electron chi connectivity index (χ2n) is 5.62. The summed E-state index contributed by atoms with van der Waals surface area (Å²) in [6.07, 6.45) is -0.705. The number of aromatic carboxylic acids is 1. The molecule has 2 N–H and O–H groups in total. The van der Waals surface area contributed by atoms with Gasteiger partial charge < -0.3 is 15.2 Å². The highest BCUT2D eigenvalue weighted by Crippen LogP contribution is 2.24. The van der Waals surface area contributed by atoms with E-state index in [4.69, 9.17) is 21.4 Å². The van der Waals surface area contributed by atoms with Gasteiger partial charge in [0.25, 0.3) is 5.91 Å². The molecule has 25 heavy (non-hydrogen) atoms. The quantitative estimate of drug-likeness (QED) is 0.818. The number of carboxylic acid groups (broad SMARTS) is 1. The van der Waals surface area contributed by atoms with E-state index in [1.165, 1.54) is 12.1 Å². The van der Waals surface area contributed by atoms with Gasteiger partial charge in [-0.25, -0.2) is 9.59 Å². The largest absolute Gasteiger partial charge is 0.478 e. The zero-order chi connectivity index (χ0) is 18.0. The fourth-order valence-electron chi connectivity index (χ4n) is 2.63. The average Bonchev–Trinajstić information content (AvgIpc) is 2.59. The van der Waals surface area contributed by atoms with E-state index >= 15 is 0 Å². The molecule has 1 amide bonds. The van der Waals surface area contributed by atoms with Crippen molar-refractivity contribution < 1.29 is 24.2 Å². The SMILES string of the molecule is O=C(O)c1cccc(CNC(=O)C2Cc3cc(Cl)ccc3C(=O)O2)c1. The molecule has 0 bridgehead atoms. The number of cyclic esters (lactones) is 1. The molecule has 1 aliphatic heterocycles. The van der Waals surface area contributed by atoms with Crippen LogP contribution < -0.4 is 5.32 Å². The minimum Gasteiger partial charge on any atom is -0.478 e. The average molecular weight is 360 g/mol. The third kappa shape index (κ3) is 3.80. The second-order valence-corrected chi connectivity index (χ2v) is 6.06. The summed E-state index contributed by atoms with van der Waals surface area (Å²) in [4.78, 5) is 35.3. The van der Waals surface area contributed by atoms with Gasteiger partial charge in [-0.05, 0) is 41.5 Å². The Hall–Kier alpha value is -2.86. The number of esters is 1. The van der Waals surface area contributed by atoms with Crippen LogP contribution in [0.25, 0.3) is 0 Å². The van der Waals surface area contributed by atoms with Crippen LogP contribution in [0.4, 0.5) is 0 Å². The number of ether oxygens (including phenoxy) is 1. The second kappa shape index (κ2) is 6.94. The highest BCUT2D eigenvalue weighted by Gasteiger charge is 2.31. The summed E-state index contributed by atoms with van der Waals surface area (Å²) >= 11 is 5.93. The molecular weight excluding hydrogens is 346 g/mol. The highest BCUT2D eigenvalue weighted by atomic mass is 35.5. The van der Waals surface area contributed by atoms with Gasteiger partial charge in [0.1, 0.15) is 0 Å². The minimum absolute atomic E-state index is 0.135. The van der Waals surface area contributed by atoms with E-state index in [-0.39, 0.29) is 18.5 Å². The molecule has 0 saturated carbocycles. The lowest BCUT2D eigenvalue weighted by molar-refractivity contribution is -0.130. The Labute approximate surface area is 148 Å². The number of carboxylic acids is 1. The Morgan fingerprint density at radius 3 is 2.80 bits per heavy atom. The van der Waals surface area contributed by atoms with Crippen molar-refractivity contribution >= 4 is 29.4 Å². The molecule has 128 valence electrons. The molecule has 2 aromatic carbocycles. The fourth-order valence-corrected chi connectivity index (χ4v) is 2.82. The lowest BCUT2D eigenvalue weighted by atomic mass is 9.98. The molecule has 6 nitrogen and oxygen atoms in total. The predicted molar refractivity (Wildman–Crippen MR) is 89.6 cm³/mol. The van der Waals surface area contributed by atoms with Gasteiger partial charge >= 0.3 is 11.9 Å². The van der Waals surface area contributed by atoms with Crippen molar-refractivity contribution in [3.8, 4) is 0 Å². The molecule has 0 radical (unpaired) electrons. The molecule has 0 spiro atoms. The van der Waals surface area contributed by atoms with Crippen LogP contribution in [-0.4, -0.2) is 29.1 Å². The molecule has 1 aliphatic rings. The van der Waals surface area contributed by atoms with Gasteiger partial charge in [-0.1, -0.05) is 23.7 Å². The van der Waals surface area contributed by atoms with Crippen molar-refractivity contribution in [2.75, 3.05) is 0 Å². The lowest BCUT2D eigenvalue weighted by Gasteiger charge is -2.24. The monoisotopic (exact) mass is 359 g/mol. The summed E-state index contributed by atoms with van der Waals surface area (Å²) in [5.41, 5.74) is 1.85. The van der Waals surface area contributed by atoms with Crippen molar-refractivity contribution in [3.63, 3.8) is 0 Å². The molecule has 0 fully saturated rings. The Balaban J connectivity index is 1.67. The molecule has 7 heteroatoms. The third-order valence-electron chi connectivity index (χ3n) is 3.87. The van der Waals surface area contributed by atoms with Gasteiger partial charge in [0.15, 0.2) is 6.10 Å². The molecule has 1 heterocycles. The zero-order valence-electron chi connectivity index (χ0n) is 13.0. The standard InChI is InChI=1S/C18H14ClNO5/c19-13-4-5-14-12(7-13)8-15(25-18(14)24)16(21)20-9-10-2-1-3-11(6-10)17(22)23/h1-7,15H,8-9H2,(H,20,21)(H,22,23). The maximum absolute atomic E-state index is 12.3. The van der Waals surface area contributed by atoms with Gasteiger partial charge in [-0.2, -0.15) is 0 Å². The summed E-state index contributed by atoms with van der Waals surface area (Å²) in [6, 6.07) is 11.1. The smallest absolute Gasteiger partial charge is 0.339 e. The number of hydrogen-bond acceptors (Lipinski definition) is 4. The van der Waals surface area contributed by atoms with Crippen LogP contribution in [0.5, 0.6) is 0 Å². The fraction of sp³-hybridized carbons (Fsp3) is 0.167. The first-order valence-electron chi connectivity index (χ1n) is 7.53. The van der Waals surface area contributed by atoms with E-state index < -0.39 is 23.9 Å². The van der Waals surface area contributed by atoms with Crippen molar-refractivity contribution in [1.82, 2.24) is 5.32 Å². The van der Waals surface area contributed by atoms with Crippen LogP contribution >= 0.6 is 11.6 Å². The summed E-state index contributed by atoms with van der Waals surface area (Å²) in [5, 5.41) is 12.1. The summed E-state index contributed by atoms with van der Waals surface area (Å²) < 4.78 is 5.18. The summed E-state index contributed by atoms with van der Waals surface area (Å²) in [7, 11) is 0. The van der Waals surface area contributed by atoms with E-state index in [9.17, 15) is 14.4 Å². The first-order valence-corrected chi connectivity index (χ1v) is 7.91. The highest BCUT2D eigenvalue weighted by molar-refractivity contribution is 6.30. The van der Waals surface area contributed by atoms with Crippen LogP contribution in [0.3, 0.4) is 0 Å². The number of nitrogens with one attached hydrogen (secondary N) is 1. The van der Waals surface area contributed by atoms with Gasteiger partial charge in [0.05, 0.1) is 11.1 Å². The molecular formula is C18H14ClNO5. The van der Waals surface area contributed by atoms with E-state index in [0.717, 1.165) is 0 Å². The molecule has 0 aliphatic carbocycles. The normalized spacial score (nSPS) is 15.9. The maximum atomic E-state index is 12.3. The van der Waals surface area contributed by atoms with Crippen LogP contribution in [0.1, 0.15) is 31.8 Å². The van der Waals surface area contributed by atoms with Gasteiger partial charge in [0.2, 0.25) is 0 Å². The van der Waals surface area contributed by atoms with E-state index in [1.807, 2.05) is 0 Å². The Bertz CT molecular complexity index is 864. The number of halogens is 1. The first-order chi connectivity index (χ1) is 11.9. The Morgan fingerprint density at radius 1 is 1.24 bits per heavy atom. The number of carbonyl (C=O) groups excluding carboxylic acids is 2. The number of benzene rings is 2. The number of fused-ring (bicyclic) bond motifs is 1. The van der Waals surface area contributed by atoms with Gasteiger partial charge in [-0.3, -0.25) is 4.79 Å². The number of carbonyl (C=O) groups is 3. The van der Waals surface area contributed by atoms with Crippen LogP contribution in [0.15, 0.2) is 42.5 Å². The van der Waals surface area contributed by atoms with Crippen molar-refractivity contribution in [3.05, 3.63) is 69.7 Å². The lowest BCUT2D eigenvalue weighted by Crippen LogP contribution is -2.41. The van der Waals surface area contributed by atoms with E-state index in [2.05, 4.69) is 5.32 Å².